The topological polar surface area (TPSA) is 62.8 Å². The van der Waals surface area contributed by atoms with Crippen molar-refractivity contribution >= 4 is 17.5 Å². The van der Waals surface area contributed by atoms with E-state index in [-0.39, 0.29) is 29.6 Å². The van der Waals surface area contributed by atoms with Crippen LogP contribution in [-0.2, 0) is 20.9 Å². The van der Waals surface area contributed by atoms with Crippen LogP contribution < -0.4 is 10.6 Å². The quantitative estimate of drug-likeness (QED) is 0.826. The number of halogens is 2. The fourth-order valence-electron chi connectivity index (χ4n) is 2.84. The molecular formula is C16H21ClFN3O3. The lowest BCUT2D eigenvalue weighted by Gasteiger charge is -2.28. The highest BCUT2D eigenvalue weighted by atomic mass is 35.5. The molecule has 2 aliphatic heterocycles. The maximum absolute atomic E-state index is 13.8. The molecule has 0 bridgehead atoms. The summed E-state index contributed by atoms with van der Waals surface area (Å²) in [5, 5.41) is 7.83. The number of benzene rings is 1. The van der Waals surface area contributed by atoms with Crippen molar-refractivity contribution in [2.45, 2.75) is 25.1 Å². The lowest BCUT2D eigenvalue weighted by Crippen LogP contribution is -2.40. The van der Waals surface area contributed by atoms with Gasteiger partial charge in [0.1, 0.15) is 5.82 Å². The van der Waals surface area contributed by atoms with Gasteiger partial charge in [-0.05, 0) is 6.07 Å². The molecule has 0 saturated carbocycles. The second-order valence-corrected chi connectivity index (χ2v) is 6.30. The van der Waals surface area contributed by atoms with Gasteiger partial charge in [-0.15, -0.1) is 0 Å². The number of carbonyl (C=O) groups excluding carboxylic acids is 1. The first-order valence-corrected chi connectivity index (χ1v) is 8.44. The van der Waals surface area contributed by atoms with E-state index in [1.165, 1.54) is 6.07 Å². The minimum absolute atomic E-state index is 0.0400. The van der Waals surface area contributed by atoms with Crippen molar-refractivity contribution in [2.24, 2.45) is 0 Å². The number of hydroxylamine groups is 2. The molecule has 3 rings (SSSR count). The molecule has 24 heavy (non-hydrogen) atoms. The molecule has 0 aliphatic carbocycles. The third-order valence-electron chi connectivity index (χ3n) is 4.16. The summed E-state index contributed by atoms with van der Waals surface area (Å²) in [7, 11) is 0. The molecule has 2 atom stereocenters. The van der Waals surface area contributed by atoms with Gasteiger partial charge < -0.3 is 15.4 Å². The standard InChI is InChI=1S/C16H21ClFN3O3/c17-13-3-1-2-11(15(13)18)9-20-16(22)14-8-12(10-19-14)24-21-4-6-23-7-5-21/h1-3,12,14,19H,4-10H2,(H,20,22)/t12?,14-/m0/s1. The van der Waals surface area contributed by atoms with Crippen molar-refractivity contribution in [3.05, 3.63) is 34.6 Å². The van der Waals surface area contributed by atoms with E-state index in [0.29, 0.717) is 31.7 Å². The van der Waals surface area contributed by atoms with Crippen molar-refractivity contribution in [3.63, 3.8) is 0 Å². The largest absolute Gasteiger partial charge is 0.379 e. The van der Waals surface area contributed by atoms with E-state index < -0.39 is 5.82 Å². The number of morpholine rings is 1. The number of nitrogens with zero attached hydrogens (tertiary/aromatic N) is 1. The lowest BCUT2D eigenvalue weighted by molar-refractivity contribution is -0.220. The molecule has 1 aromatic rings. The van der Waals surface area contributed by atoms with E-state index in [2.05, 4.69) is 10.6 Å². The first-order valence-electron chi connectivity index (χ1n) is 8.07. The highest BCUT2D eigenvalue weighted by Gasteiger charge is 2.31. The predicted octanol–water partition coefficient (Wildman–Crippen LogP) is 1.09. The molecule has 1 amide bonds. The Balaban J connectivity index is 1.45. The summed E-state index contributed by atoms with van der Waals surface area (Å²) in [4.78, 5) is 18.1. The minimum atomic E-state index is -0.493. The van der Waals surface area contributed by atoms with E-state index in [1.807, 2.05) is 5.06 Å². The molecule has 1 unspecified atom stereocenters. The van der Waals surface area contributed by atoms with Crippen LogP contribution in [0.2, 0.25) is 5.02 Å². The molecular weight excluding hydrogens is 337 g/mol. The van der Waals surface area contributed by atoms with E-state index in [9.17, 15) is 9.18 Å². The molecule has 6 nitrogen and oxygen atoms in total. The first kappa shape index (κ1) is 17.6. The summed E-state index contributed by atoms with van der Waals surface area (Å²) in [6.45, 7) is 3.52. The molecule has 2 saturated heterocycles. The summed E-state index contributed by atoms with van der Waals surface area (Å²) in [5.41, 5.74) is 0.370. The number of nitrogens with one attached hydrogen (secondary N) is 2. The smallest absolute Gasteiger partial charge is 0.237 e. The van der Waals surface area contributed by atoms with Gasteiger partial charge in [0.2, 0.25) is 5.91 Å². The van der Waals surface area contributed by atoms with Gasteiger partial charge in [0.25, 0.3) is 0 Å². The molecule has 8 heteroatoms. The molecule has 1 aromatic carbocycles. The normalized spacial score (nSPS) is 24.9. The third-order valence-corrected chi connectivity index (χ3v) is 4.45. The average molecular weight is 358 g/mol. The molecule has 2 fully saturated rings. The van der Waals surface area contributed by atoms with Crippen LogP contribution in [0, 0.1) is 5.82 Å². The third kappa shape index (κ3) is 4.43. The Morgan fingerprint density at radius 1 is 1.46 bits per heavy atom. The molecule has 0 radical (unpaired) electrons. The van der Waals surface area contributed by atoms with Crippen LogP contribution in [0.1, 0.15) is 12.0 Å². The molecule has 0 aromatic heterocycles. The zero-order chi connectivity index (χ0) is 16.9. The highest BCUT2D eigenvalue weighted by Crippen LogP contribution is 2.18. The van der Waals surface area contributed by atoms with Crippen molar-refractivity contribution in [2.75, 3.05) is 32.8 Å². The minimum Gasteiger partial charge on any atom is -0.379 e. The Hall–Kier alpha value is -1.25. The summed E-state index contributed by atoms with van der Waals surface area (Å²) in [6, 6.07) is 4.41. The molecule has 2 heterocycles. The van der Waals surface area contributed by atoms with Crippen LogP contribution in [0.15, 0.2) is 18.2 Å². The fourth-order valence-corrected chi connectivity index (χ4v) is 3.03. The number of rotatable bonds is 5. The molecule has 0 spiro atoms. The number of ether oxygens (including phenoxy) is 1. The maximum Gasteiger partial charge on any atom is 0.237 e. The molecule has 132 valence electrons. The van der Waals surface area contributed by atoms with Crippen molar-refractivity contribution < 1.29 is 18.8 Å². The van der Waals surface area contributed by atoms with E-state index in [0.717, 1.165) is 13.1 Å². The Morgan fingerprint density at radius 3 is 3.04 bits per heavy atom. The Bertz CT molecular complexity index is 584. The second kappa shape index (κ2) is 8.22. The predicted molar refractivity (Wildman–Crippen MR) is 86.9 cm³/mol. The van der Waals surface area contributed by atoms with Crippen LogP contribution in [0.4, 0.5) is 4.39 Å². The lowest BCUT2D eigenvalue weighted by atomic mass is 10.1. The van der Waals surface area contributed by atoms with Crippen LogP contribution >= 0.6 is 11.6 Å². The molecule has 2 N–H and O–H groups in total. The fraction of sp³-hybridized carbons (Fsp3) is 0.562. The van der Waals surface area contributed by atoms with Gasteiger partial charge in [0.15, 0.2) is 0 Å². The number of hydrogen-bond donors (Lipinski definition) is 2. The van der Waals surface area contributed by atoms with Gasteiger partial charge in [-0.3, -0.25) is 9.63 Å². The van der Waals surface area contributed by atoms with E-state index >= 15 is 0 Å². The maximum atomic E-state index is 13.8. The van der Waals surface area contributed by atoms with Gasteiger partial charge in [-0.25, -0.2) is 4.39 Å². The summed E-state index contributed by atoms with van der Waals surface area (Å²) in [5.74, 6) is -0.658. The second-order valence-electron chi connectivity index (χ2n) is 5.90. The van der Waals surface area contributed by atoms with Gasteiger partial charge >= 0.3 is 0 Å². The van der Waals surface area contributed by atoms with Gasteiger partial charge in [-0.1, -0.05) is 23.7 Å². The van der Waals surface area contributed by atoms with Crippen LogP contribution in [0.3, 0.4) is 0 Å². The van der Waals surface area contributed by atoms with Crippen molar-refractivity contribution in [1.82, 2.24) is 15.7 Å². The number of hydrogen-bond acceptors (Lipinski definition) is 5. The summed E-state index contributed by atoms with van der Waals surface area (Å²) >= 11 is 5.74. The molecule has 2 aliphatic rings. The average Bonchev–Trinajstić information content (AvgIpc) is 3.05. The van der Waals surface area contributed by atoms with Crippen molar-refractivity contribution in [1.29, 1.82) is 0 Å². The highest BCUT2D eigenvalue weighted by molar-refractivity contribution is 6.30. The zero-order valence-corrected chi connectivity index (χ0v) is 14.0. The number of carbonyl (C=O) groups is 1. The van der Waals surface area contributed by atoms with E-state index in [1.54, 1.807) is 12.1 Å². The number of amides is 1. The summed E-state index contributed by atoms with van der Waals surface area (Å²) < 4.78 is 19.1. The van der Waals surface area contributed by atoms with E-state index in [4.69, 9.17) is 21.2 Å². The van der Waals surface area contributed by atoms with Crippen molar-refractivity contribution in [3.8, 4) is 0 Å². The van der Waals surface area contributed by atoms with Gasteiger partial charge in [-0.2, -0.15) is 5.06 Å². The Kier molecular flexibility index (Phi) is 6.02. The first-order chi connectivity index (χ1) is 11.6. The van der Waals surface area contributed by atoms with Crippen LogP contribution in [-0.4, -0.2) is 56.0 Å². The van der Waals surface area contributed by atoms with Gasteiger partial charge in [0, 0.05) is 38.2 Å². The Morgan fingerprint density at radius 2 is 2.25 bits per heavy atom. The van der Waals surface area contributed by atoms with Crippen LogP contribution in [0.25, 0.3) is 0 Å². The van der Waals surface area contributed by atoms with Crippen LogP contribution in [0.5, 0.6) is 0 Å². The SMILES string of the molecule is O=C(NCc1cccc(Cl)c1F)[C@@H]1CC(ON2CCOCC2)CN1. The monoisotopic (exact) mass is 357 g/mol. The Labute approximate surface area is 145 Å². The summed E-state index contributed by atoms with van der Waals surface area (Å²) in [6.07, 6.45) is 0.545. The zero-order valence-electron chi connectivity index (χ0n) is 13.3. The van der Waals surface area contributed by atoms with Gasteiger partial charge in [0.05, 0.1) is 30.4 Å².